The molecule has 7 nitrogen and oxygen atoms in total. The molecule has 0 saturated heterocycles. The molecule has 2 N–H and O–H groups in total. The predicted octanol–water partition coefficient (Wildman–Crippen LogP) is 0.173. The molecule has 7 heteroatoms. The van der Waals surface area contributed by atoms with Crippen LogP contribution in [0.15, 0.2) is 33.7 Å². The molecular formula is C15H19N3O4. The average Bonchev–Trinajstić information content (AvgIpc) is 2.79. The number of hydrogen-bond acceptors (Lipinski definition) is 5. The van der Waals surface area contributed by atoms with E-state index in [4.69, 9.17) is 4.52 Å². The Morgan fingerprint density at radius 3 is 2.86 bits per heavy atom. The van der Waals surface area contributed by atoms with Gasteiger partial charge >= 0.3 is 0 Å². The highest BCUT2D eigenvalue weighted by Crippen LogP contribution is 2.12. The Kier molecular flexibility index (Phi) is 5.11. The van der Waals surface area contributed by atoms with E-state index in [1.54, 1.807) is 32.2 Å². The minimum Gasteiger partial charge on any atom is -0.389 e. The van der Waals surface area contributed by atoms with Crippen molar-refractivity contribution in [3.8, 4) is 0 Å². The van der Waals surface area contributed by atoms with E-state index in [-0.39, 0.29) is 31.0 Å². The number of nitrogens with zero attached hydrogens (tertiary/aromatic N) is 2. The minimum absolute atomic E-state index is 0.0730. The highest BCUT2D eigenvalue weighted by Gasteiger charge is 2.14. The lowest BCUT2D eigenvalue weighted by Gasteiger charge is -2.13. The number of amides is 1. The van der Waals surface area contributed by atoms with Gasteiger partial charge in [0.05, 0.1) is 24.8 Å². The van der Waals surface area contributed by atoms with Crippen molar-refractivity contribution in [2.75, 3.05) is 6.54 Å². The third-order valence-electron chi connectivity index (χ3n) is 3.36. The zero-order valence-electron chi connectivity index (χ0n) is 12.6. The fourth-order valence-electron chi connectivity index (χ4n) is 2.11. The second-order valence-electron chi connectivity index (χ2n) is 5.13. The lowest BCUT2D eigenvalue weighted by Crippen LogP contribution is -2.37. The standard InChI is InChI=1S/C15H19N3O4/c1-10-13(11(2)22-17-10)7-14(20)16-8-12(19)9-18-6-4-3-5-15(18)21/h3-6,12,19H,7-9H2,1-2H3,(H,16,20). The first kappa shape index (κ1) is 16.0. The topological polar surface area (TPSA) is 97.4 Å². The first-order chi connectivity index (χ1) is 10.5. The molecular weight excluding hydrogens is 286 g/mol. The number of pyridine rings is 1. The number of aliphatic hydroxyl groups is 1. The zero-order valence-corrected chi connectivity index (χ0v) is 12.6. The summed E-state index contributed by atoms with van der Waals surface area (Å²) >= 11 is 0. The van der Waals surface area contributed by atoms with E-state index < -0.39 is 6.10 Å². The molecule has 1 atom stereocenters. The summed E-state index contributed by atoms with van der Waals surface area (Å²) in [5.41, 5.74) is 1.25. The van der Waals surface area contributed by atoms with Gasteiger partial charge in [-0.1, -0.05) is 11.2 Å². The summed E-state index contributed by atoms with van der Waals surface area (Å²) in [5, 5.41) is 16.3. The van der Waals surface area contributed by atoms with Gasteiger partial charge in [-0.25, -0.2) is 0 Å². The number of carbonyl (C=O) groups is 1. The number of rotatable bonds is 6. The van der Waals surface area contributed by atoms with Gasteiger partial charge in [-0.15, -0.1) is 0 Å². The van der Waals surface area contributed by atoms with Crippen molar-refractivity contribution in [3.05, 3.63) is 51.8 Å². The molecule has 118 valence electrons. The molecule has 0 aliphatic carbocycles. The van der Waals surface area contributed by atoms with Crippen molar-refractivity contribution >= 4 is 5.91 Å². The van der Waals surface area contributed by atoms with Crippen LogP contribution in [0.3, 0.4) is 0 Å². The van der Waals surface area contributed by atoms with Gasteiger partial charge in [0.25, 0.3) is 5.56 Å². The van der Waals surface area contributed by atoms with E-state index in [2.05, 4.69) is 10.5 Å². The van der Waals surface area contributed by atoms with Gasteiger partial charge in [0.1, 0.15) is 5.76 Å². The van der Waals surface area contributed by atoms with Crippen molar-refractivity contribution in [2.45, 2.75) is 32.9 Å². The van der Waals surface area contributed by atoms with Crippen LogP contribution in [0.25, 0.3) is 0 Å². The van der Waals surface area contributed by atoms with Gasteiger partial charge in [0.2, 0.25) is 5.91 Å². The molecule has 2 rings (SSSR count). The van der Waals surface area contributed by atoms with Crippen molar-refractivity contribution in [1.82, 2.24) is 15.0 Å². The maximum atomic E-state index is 11.9. The molecule has 1 unspecified atom stereocenters. The number of aryl methyl sites for hydroxylation is 2. The van der Waals surface area contributed by atoms with Crippen LogP contribution in [0.1, 0.15) is 17.0 Å². The van der Waals surface area contributed by atoms with Crippen LogP contribution >= 0.6 is 0 Å². The molecule has 2 heterocycles. The maximum Gasteiger partial charge on any atom is 0.250 e. The molecule has 2 aromatic rings. The van der Waals surface area contributed by atoms with Gasteiger partial charge in [-0.05, 0) is 19.9 Å². The van der Waals surface area contributed by atoms with Crippen molar-refractivity contribution < 1.29 is 14.4 Å². The average molecular weight is 305 g/mol. The van der Waals surface area contributed by atoms with Crippen LogP contribution in [-0.4, -0.2) is 33.4 Å². The Labute approximate surface area is 127 Å². The maximum absolute atomic E-state index is 11.9. The fraction of sp³-hybridized carbons (Fsp3) is 0.400. The summed E-state index contributed by atoms with van der Waals surface area (Å²) in [6.45, 7) is 3.73. The van der Waals surface area contributed by atoms with E-state index in [0.717, 1.165) is 5.56 Å². The molecule has 0 fully saturated rings. The van der Waals surface area contributed by atoms with Crippen LogP contribution in [0, 0.1) is 13.8 Å². The molecule has 0 aromatic carbocycles. The number of aromatic nitrogens is 2. The van der Waals surface area contributed by atoms with Crippen molar-refractivity contribution in [2.24, 2.45) is 0 Å². The number of carbonyl (C=O) groups excluding carboxylic acids is 1. The lowest BCUT2D eigenvalue weighted by atomic mass is 10.1. The minimum atomic E-state index is -0.839. The van der Waals surface area contributed by atoms with E-state index in [0.29, 0.717) is 11.5 Å². The summed E-state index contributed by atoms with van der Waals surface area (Å²) in [6.07, 6.45) is 0.907. The van der Waals surface area contributed by atoms with Crippen LogP contribution in [0.2, 0.25) is 0 Å². The van der Waals surface area contributed by atoms with E-state index >= 15 is 0 Å². The lowest BCUT2D eigenvalue weighted by molar-refractivity contribution is -0.121. The van der Waals surface area contributed by atoms with Gasteiger partial charge in [-0.3, -0.25) is 9.59 Å². The summed E-state index contributed by atoms with van der Waals surface area (Å²) in [4.78, 5) is 23.4. The third kappa shape index (κ3) is 4.05. The van der Waals surface area contributed by atoms with Crippen LogP contribution in [0.4, 0.5) is 0 Å². The number of aliphatic hydroxyl groups excluding tert-OH is 1. The fourth-order valence-corrected chi connectivity index (χ4v) is 2.11. The largest absolute Gasteiger partial charge is 0.389 e. The van der Waals surface area contributed by atoms with E-state index in [9.17, 15) is 14.7 Å². The zero-order chi connectivity index (χ0) is 16.1. The molecule has 0 saturated carbocycles. The molecule has 0 radical (unpaired) electrons. The van der Waals surface area contributed by atoms with Gasteiger partial charge < -0.3 is 19.5 Å². The molecule has 1 amide bonds. The molecule has 2 aromatic heterocycles. The first-order valence-electron chi connectivity index (χ1n) is 6.99. The SMILES string of the molecule is Cc1noc(C)c1CC(=O)NCC(O)Cn1ccccc1=O. The summed E-state index contributed by atoms with van der Waals surface area (Å²) < 4.78 is 6.39. The van der Waals surface area contributed by atoms with Gasteiger partial charge in [0.15, 0.2) is 0 Å². The van der Waals surface area contributed by atoms with Gasteiger partial charge in [0, 0.05) is 24.4 Å². The van der Waals surface area contributed by atoms with Crippen LogP contribution < -0.4 is 10.9 Å². The second kappa shape index (κ2) is 7.04. The summed E-state index contributed by atoms with van der Waals surface area (Å²) in [5.74, 6) is 0.387. The molecule has 0 spiro atoms. The second-order valence-corrected chi connectivity index (χ2v) is 5.13. The number of nitrogens with one attached hydrogen (secondary N) is 1. The van der Waals surface area contributed by atoms with Crippen molar-refractivity contribution in [3.63, 3.8) is 0 Å². The summed E-state index contributed by atoms with van der Waals surface area (Å²) in [6, 6.07) is 4.77. The molecule has 22 heavy (non-hydrogen) atoms. The molecule has 0 aliphatic rings. The smallest absolute Gasteiger partial charge is 0.250 e. The third-order valence-corrected chi connectivity index (χ3v) is 3.36. The Morgan fingerprint density at radius 2 is 2.23 bits per heavy atom. The normalized spacial score (nSPS) is 12.1. The molecule has 0 aliphatic heterocycles. The van der Waals surface area contributed by atoms with Crippen LogP contribution in [0.5, 0.6) is 0 Å². The Bertz CT molecular complexity index is 685. The number of hydrogen-bond donors (Lipinski definition) is 2. The highest BCUT2D eigenvalue weighted by atomic mass is 16.5. The Balaban J connectivity index is 1.84. The Hall–Kier alpha value is -2.41. The van der Waals surface area contributed by atoms with Crippen LogP contribution in [-0.2, 0) is 17.8 Å². The quantitative estimate of drug-likeness (QED) is 0.793. The first-order valence-corrected chi connectivity index (χ1v) is 6.99. The monoisotopic (exact) mass is 305 g/mol. The summed E-state index contributed by atoms with van der Waals surface area (Å²) in [7, 11) is 0. The predicted molar refractivity (Wildman–Crippen MR) is 79.4 cm³/mol. The van der Waals surface area contributed by atoms with E-state index in [1.807, 2.05) is 0 Å². The van der Waals surface area contributed by atoms with Crippen molar-refractivity contribution in [1.29, 1.82) is 0 Å². The molecule has 0 bridgehead atoms. The Morgan fingerprint density at radius 1 is 1.45 bits per heavy atom. The van der Waals surface area contributed by atoms with E-state index in [1.165, 1.54) is 10.6 Å². The highest BCUT2D eigenvalue weighted by molar-refractivity contribution is 5.79. The van der Waals surface area contributed by atoms with Gasteiger partial charge in [-0.2, -0.15) is 0 Å².